The molecule has 2 amide bonds. The average Bonchev–Trinajstić information content (AvgIpc) is 3.19. The van der Waals surface area contributed by atoms with Crippen LogP contribution in [0.2, 0.25) is 0 Å². The number of ether oxygens (including phenoxy) is 2. The van der Waals surface area contributed by atoms with Gasteiger partial charge in [0, 0.05) is 44.4 Å². The van der Waals surface area contributed by atoms with Crippen LogP contribution < -0.4 is 4.74 Å². The molecule has 1 aromatic rings. The average molecular weight is 346 g/mol. The standard InChI is InChI=1S/C19H26N2O4/c1-14-15(5-4-6-16(14)25-3)17(22)21-10-8-19(13-21)7-9-20(18(19)23)11-12-24-2/h4-6H,7-13H2,1-3H3. The van der Waals surface area contributed by atoms with Gasteiger partial charge < -0.3 is 19.3 Å². The minimum Gasteiger partial charge on any atom is -0.496 e. The number of nitrogens with zero attached hydrogens (tertiary/aromatic N) is 2. The second-order valence-electron chi connectivity index (χ2n) is 6.92. The molecule has 0 radical (unpaired) electrons. The Bertz CT molecular complexity index is 675. The zero-order valence-corrected chi connectivity index (χ0v) is 15.2. The second kappa shape index (κ2) is 7.04. The molecule has 2 saturated heterocycles. The van der Waals surface area contributed by atoms with E-state index in [0.29, 0.717) is 37.6 Å². The lowest BCUT2D eigenvalue weighted by molar-refractivity contribution is -0.135. The monoisotopic (exact) mass is 346 g/mol. The molecule has 0 N–H and O–H groups in total. The van der Waals surface area contributed by atoms with Gasteiger partial charge in [-0.25, -0.2) is 0 Å². The van der Waals surface area contributed by atoms with Crippen molar-refractivity contribution in [2.24, 2.45) is 5.41 Å². The molecule has 1 atom stereocenters. The number of hydrogen-bond donors (Lipinski definition) is 0. The number of rotatable bonds is 5. The lowest BCUT2D eigenvalue weighted by atomic mass is 9.85. The summed E-state index contributed by atoms with van der Waals surface area (Å²) in [7, 11) is 3.25. The van der Waals surface area contributed by atoms with Crippen molar-refractivity contribution in [3.63, 3.8) is 0 Å². The van der Waals surface area contributed by atoms with E-state index < -0.39 is 5.41 Å². The highest BCUT2D eigenvalue weighted by molar-refractivity contribution is 5.97. The normalized spacial score (nSPS) is 22.9. The first-order valence-corrected chi connectivity index (χ1v) is 8.73. The fourth-order valence-corrected chi connectivity index (χ4v) is 3.97. The van der Waals surface area contributed by atoms with Gasteiger partial charge in [0.2, 0.25) is 5.91 Å². The maximum atomic E-state index is 13.0. The molecule has 1 spiro atoms. The molecular weight excluding hydrogens is 320 g/mol. The summed E-state index contributed by atoms with van der Waals surface area (Å²) in [5.74, 6) is 0.862. The van der Waals surface area contributed by atoms with Gasteiger partial charge in [-0.15, -0.1) is 0 Å². The molecule has 6 nitrogen and oxygen atoms in total. The van der Waals surface area contributed by atoms with Crippen molar-refractivity contribution in [2.45, 2.75) is 19.8 Å². The molecular formula is C19H26N2O4. The fraction of sp³-hybridized carbons (Fsp3) is 0.579. The summed E-state index contributed by atoms with van der Waals surface area (Å²) < 4.78 is 10.4. The Morgan fingerprint density at radius 1 is 1.24 bits per heavy atom. The third kappa shape index (κ3) is 3.11. The van der Waals surface area contributed by atoms with E-state index in [9.17, 15) is 9.59 Å². The molecule has 0 bridgehead atoms. The maximum absolute atomic E-state index is 13.0. The quantitative estimate of drug-likeness (QED) is 0.814. The molecule has 0 aromatic heterocycles. The Morgan fingerprint density at radius 2 is 2.00 bits per heavy atom. The third-order valence-electron chi connectivity index (χ3n) is 5.54. The molecule has 6 heteroatoms. The lowest BCUT2D eigenvalue weighted by Crippen LogP contribution is -2.39. The molecule has 2 aliphatic rings. The van der Waals surface area contributed by atoms with Gasteiger partial charge >= 0.3 is 0 Å². The van der Waals surface area contributed by atoms with Crippen molar-refractivity contribution >= 4 is 11.8 Å². The third-order valence-corrected chi connectivity index (χ3v) is 5.54. The molecule has 136 valence electrons. The van der Waals surface area contributed by atoms with Gasteiger partial charge in [0.05, 0.1) is 19.1 Å². The van der Waals surface area contributed by atoms with E-state index in [1.54, 1.807) is 14.2 Å². The zero-order valence-electron chi connectivity index (χ0n) is 15.2. The minimum atomic E-state index is -0.407. The van der Waals surface area contributed by atoms with Crippen LogP contribution in [0.25, 0.3) is 0 Å². The lowest BCUT2D eigenvalue weighted by Gasteiger charge is -2.24. The van der Waals surface area contributed by atoms with Crippen LogP contribution in [0.15, 0.2) is 18.2 Å². The van der Waals surface area contributed by atoms with Gasteiger partial charge in [0.15, 0.2) is 0 Å². The number of carbonyl (C=O) groups excluding carboxylic acids is 2. The van der Waals surface area contributed by atoms with Gasteiger partial charge in [0.1, 0.15) is 5.75 Å². The van der Waals surface area contributed by atoms with Gasteiger partial charge in [-0.05, 0) is 31.9 Å². The Hall–Kier alpha value is -2.08. The highest BCUT2D eigenvalue weighted by Crippen LogP contribution is 2.41. The molecule has 2 fully saturated rings. The van der Waals surface area contributed by atoms with Crippen molar-refractivity contribution < 1.29 is 19.1 Å². The summed E-state index contributed by atoms with van der Waals surface area (Å²) in [4.78, 5) is 29.5. The highest BCUT2D eigenvalue weighted by Gasteiger charge is 2.51. The van der Waals surface area contributed by atoms with Crippen LogP contribution >= 0.6 is 0 Å². The van der Waals surface area contributed by atoms with Crippen molar-refractivity contribution in [3.8, 4) is 5.75 Å². The van der Waals surface area contributed by atoms with Gasteiger partial charge in [-0.1, -0.05) is 6.07 Å². The Balaban J connectivity index is 1.73. The minimum absolute atomic E-state index is 0.0172. The maximum Gasteiger partial charge on any atom is 0.254 e. The van der Waals surface area contributed by atoms with Crippen LogP contribution in [0.3, 0.4) is 0 Å². The van der Waals surface area contributed by atoms with Gasteiger partial charge in [0.25, 0.3) is 5.91 Å². The van der Waals surface area contributed by atoms with Crippen molar-refractivity contribution in [2.75, 3.05) is 47.0 Å². The summed E-state index contributed by atoms with van der Waals surface area (Å²) in [5, 5.41) is 0. The van der Waals surface area contributed by atoms with Crippen molar-refractivity contribution in [1.82, 2.24) is 9.80 Å². The molecule has 2 aliphatic heterocycles. The van der Waals surface area contributed by atoms with E-state index in [2.05, 4.69) is 0 Å². The van der Waals surface area contributed by atoms with Crippen LogP contribution in [-0.2, 0) is 9.53 Å². The topological polar surface area (TPSA) is 59.1 Å². The summed E-state index contributed by atoms with van der Waals surface area (Å²) >= 11 is 0. The fourth-order valence-electron chi connectivity index (χ4n) is 3.97. The van der Waals surface area contributed by atoms with Gasteiger partial charge in [-0.3, -0.25) is 9.59 Å². The summed E-state index contributed by atoms with van der Waals surface area (Å²) in [5.41, 5.74) is 1.09. The summed E-state index contributed by atoms with van der Waals surface area (Å²) in [6.07, 6.45) is 1.56. The smallest absolute Gasteiger partial charge is 0.254 e. The number of hydrogen-bond acceptors (Lipinski definition) is 4. The van der Waals surface area contributed by atoms with E-state index in [-0.39, 0.29) is 11.8 Å². The van der Waals surface area contributed by atoms with Crippen LogP contribution in [0.5, 0.6) is 5.75 Å². The molecule has 0 aliphatic carbocycles. The van der Waals surface area contributed by atoms with Crippen molar-refractivity contribution in [3.05, 3.63) is 29.3 Å². The van der Waals surface area contributed by atoms with E-state index in [0.717, 1.165) is 24.9 Å². The predicted octanol–water partition coefficient (Wildman–Crippen LogP) is 1.71. The number of methoxy groups -OCH3 is 2. The van der Waals surface area contributed by atoms with Crippen molar-refractivity contribution in [1.29, 1.82) is 0 Å². The number of likely N-dealkylation sites (tertiary alicyclic amines) is 2. The summed E-state index contributed by atoms with van der Waals surface area (Å²) in [6, 6.07) is 5.51. The Kier molecular flexibility index (Phi) is 4.99. The number of benzene rings is 1. The first-order valence-electron chi connectivity index (χ1n) is 8.73. The molecule has 1 aromatic carbocycles. The molecule has 0 saturated carbocycles. The molecule has 25 heavy (non-hydrogen) atoms. The van der Waals surface area contributed by atoms with E-state index >= 15 is 0 Å². The molecule has 1 unspecified atom stereocenters. The largest absolute Gasteiger partial charge is 0.496 e. The number of carbonyl (C=O) groups is 2. The van der Waals surface area contributed by atoms with Crippen LogP contribution in [-0.4, -0.2) is 68.6 Å². The van der Waals surface area contributed by atoms with E-state index in [1.165, 1.54) is 0 Å². The van der Waals surface area contributed by atoms with Gasteiger partial charge in [-0.2, -0.15) is 0 Å². The Labute approximate surface area is 148 Å². The van der Waals surface area contributed by atoms with E-state index in [1.807, 2.05) is 34.9 Å². The van der Waals surface area contributed by atoms with E-state index in [4.69, 9.17) is 9.47 Å². The highest BCUT2D eigenvalue weighted by atomic mass is 16.5. The predicted molar refractivity (Wildman–Crippen MR) is 93.8 cm³/mol. The first-order chi connectivity index (χ1) is 12.0. The zero-order chi connectivity index (χ0) is 18.0. The Morgan fingerprint density at radius 3 is 2.72 bits per heavy atom. The van der Waals surface area contributed by atoms with Crippen LogP contribution in [0.4, 0.5) is 0 Å². The second-order valence-corrected chi connectivity index (χ2v) is 6.92. The molecule has 3 rings (SSSR count). The number of amides is 2. The summed E-state index contributed by atoms with van der Waals surface area (Å²) in [6.45, 7) is 4.95. The van der Waals surface area contributed by atoms with Crippen LogP contribution in [0.1, 0.15) is 28.8 Å². The van der Waals surface area contributed by atoms with Crippen LogP contribution in [0, 0.1) is 12.3 Å². The molecule has 2 heterocycles. The first kappa shape index (κ1) is 17.7. The SMILES string of the molecule is COCCN1CCC2(CCN(C(=O)c3cccc(OC)c3C)C2)C1=O.